The first-order valence-corrected chi connectivity index (χ1v) is 6.66. The Labute approximate surface area is 116 Å². The van der Waals surface area contributed by atoms with Gasteiger partial charge in [0.25, 0.3) is 0 Å². The molecule has 106 valence electrons. The van der Waals surface area contributed by atoms with Gasteiger partial charge in [-0.1, -0.05) is 0 Å². The van der Waals surface area contributed by atoms with E-state index < -0.39 is 5.97 Å². The second kappa shape index (κ2) is 5.56. The summed E-state index contributed by atoms with van der Waals surface area (Å²) in [6.45, 7) is 4.23. The molecule has 0 amide bonds. The molecule has 7 nitrogen and oxygen atoms in total. The highest BCUT2D eigenvalue weighted by atomic mass is 16.4. The van der Waals surface area contributed by atoms with Gasteiger partial charge in [0, 0.05) is 51.3 Å². The summed E-state index contributed by atoms with van der Waals surface area (Å²) in [5.41, 5.74) is 0.996. The number of aliphatic carboxylic acids is 1. The fourth-order valence-electron chi connectivity index (χ4n) is 2.48. The predicted molar refractivity (Wildman–Crippen MR) is 72.3 cm³/mol. The summed E-state index contributed by atoms with van der Waals surface area (Å²) >= 11 is 0. The molecule has 0 bridgehead atoms. The molecule has 3 rings (SSSR count). The zero-order valence-electron chi connectivity index (χ0n) is 11.1. The lowest BCUT2D eigenvalue weighted by atomic mass is 10.3. The van der Waals surface area contributed by atoms with Gasteiger partial charge in [-0.3, -0.25) is 19.0 Å². The molecule has 0 aliphatic carbocycles. The molecule has 2 aromatic rings. The largest absolute Gasteiger partial charge is 0.480 e. The maximum atomic E-state index is 10.7. The van der Waals surface area contributed by atoms with E-state index in [0.29, 0.717) is 5.78 Å². The highest BCUT2D eigenvalue weighted by Gasteiger charge is 2.19. The number of carboxylic acids is 1. The van der Waals surface area contributed by atoms with Crippen molar-refractivity contribution in [1.82, 2.24) is 24.2 Å². The van der Waals surface area contributed by atoms with Crippen molar-refractivity contribution in [3.05, 3.63) is 30.4 Å². The molecule has 1 N–H and O–H groups in total. The Morgan fingerprint density at radius 3 is 2.70 bits per heavy atom. The molecule has 0 spiro atoms. The predicted octanol–water partition coefficient (Wildman–Crippen LogP) is -0.0685. The minimum atomic E-state index is -0.759. The summed E-state index contributed by atoms with van der Waals surface area (Å²) in [7, 11) is 0. The zero-order valence-corrected chi connectivity index (χ0v) is 11.1. The molecule has 1 saturated heterocycles. The van der Waals surface area contributed by atoms with Crippen molar-refractivity contribution in [2.24, 2.45) is 0 Å². The second-order valence-electron chi connectivity index (χ2n) is 5.01. The molecule has 1 aliphatic rings. The first kappa shape index (κ1) is 13.0. The van der Waals surface area contributed by atoms with Crippen LogP contribution in [0.15, 0.2) is 24.7 Å². The molecule has 0 radical (unpaired) electrons. The highest BCUT2D eigenvalue weighted by molar-refractivity contribution is 5.69. The number of hydrogen-bond acceptors (Lipinski definition) is 5. The molecule has 0 atom stereocenters. The van der Waals surface area contributed by atoms with E-state index in [0.717, 1.165) is 38.4 Å². The molecule has 7 heteroatoms. The van der Waals surface area contributed by atoms with Crippen LogP contribution in [-0.2, 0) is 11.3 Å². The Morgan fingerprint density at radius 1 is 1.25 bits per heavy atom. The van der Waals surface area contributed by atoms with Crippen LogP contribution in [0.4, 0.5) is 0 Å². The van der Waals surface area contributed by atoms with Gasteiger partial charge in [-0.25, -0.2) is 9.97 Å². The zero-order chi connectivity index (χ0) is 13.9. The number of carboxylic acid groups (broad SMARTS) is 1. The van der Waals surface area contributed by atoms with Gasteiger partial charge in [-0.2, -0.15) is 0 Å². The van der Waals surface area contributed by atoms with E-state index in [-0.39, 0.29) is 6.54 Å². The molecule has 0 saturated carbocycles. The highest BCUT2D eigenvalue weighted by Crippen LogP contribution is 2.08. The van der Waals surface area contributed by atoms with Crippen LogP contribution in [0.5, 0.6) is 0 Å². The van der Waals surface area contributed by atoms with Crippen molar-refractivity contribution >= 4 is 11.7 Å². The van der Waals surface area contributed by atoms with E-state index in [9.17, 15) is 4.79 Å². The summed E-state index contributed by atoms with van der Waals surface area (Å²) in [6.07, 6.45) is 5.66. The molecule has 3 heterocycles. The quantitative estimate of drug-likeness (QED) is 0.842. The Bertz CT molecular complexity index is 571. The van der Waals surface area contributed by atoms with E-state index in [4.69, 9.17) is 5.11 Å². The third kappa shape index (κ3) is 2.94. The average molecular weight is 275 g/mol. The first-order valence-electron chi connectivity index (χ1n) is 6.66. The Kier molecular flexibility index (Phi) is 3.62. The van der Waals surface area contributed by atoms with Crippen molar-refractivity contribution in [2.45, 2.75) is 6.54 Å². The van der Waals surface area contributed by atoms with Crippen LogP contribution in [0.3, 0.4) is 0 Å². The van der Waals surface area contributed by atoms with E-state index in [1.807, 2.05) is 27.8 Å². The maximum Gasteiger partial charge on any atom is 0.317 e. The number of nitrogens with zero attached hydrogens (tertiary/aromatic N) is 5. The van der Waals surface area contributed by atoms with Crippen molar-refractivity contribution in [1.29, 1.82) is 0 Å². The lowest BCUT2D eigenvalue weighted by molar-refractivity contribution is -0.138. The summed E-state index contributed by atoms with van der Waals surface area (Å²) in [5.74, 6) is -0.0445. The molecule has 2 aromatic heterocycles. The molecule has 20 heavy (non-hydrogen) atoms. The van der Waals surface area contributed by atoms with Crippen LogP contribution in [0.2, 0.25) is 0 Å². The van der Waals surface area contributed by atoms with Crippen LogP contribution in [-0.4, -0.2) is 68.0 Å². The number of aromatic nitrogens is 3. The van der Waals surface area contributed by atoms with Crippen molar-refractivity contribution < 1.29 is 9.90 Å². The summed E-state index contributed by atoms with van der Waals surface area (Å²) in [5, 5.41) is 8.77. The maximum absolute atomic E-state index is 10.7. The number of fused-ring (bicyclic) bond motifs is 1. The Morgan fingerprint density at radius 2 is 2.00 bits per heavy atom. The fourth-order valence-corrected chi connectivity index (χ4v) is 2.48. The fraction of sp³-hybridized carbons (Fsp3) is 0.462. The minimum Gasteiger partial charge on any atom is -0.480 e. The van der Waals surface area contributed by atoms with Crippen LogP contribution < -0.4 is 0 Å². The van der Waals surface area contributed by atoms with Gasteiger partial charge in [-0.15, -0.1) is 0 Å². The van der Waals surface area contributed by atoms with Crippen molar-refractivity contribution in [2.75, 3.05) is 32.7 Å². The number of rotatable bonds is 4. The topological polar surface area (TPSA) is 74.0 Å². The first-order chi connectivity index (χ1) is 9.70. The Balaban J connectivity index is 1.58. The molecule has 1 fully saturated rings. The number of hydrogen-bond donors (Lipinski definition) is 1. The average Bonchev–Trinajstić information content (AvgIpc) is 2.82. The normalized spacial score (nSPS) is 17.6. The summed E-state index contributed by atoms with van der Waals surface area (Å²) in [4.78, 5) is 23.6. The van der Waals surface area contributed by atoms with E-state index >= 15 is 0 Å². The standard InChI is InChI=1S/C13H17N5O2/c19-12(20)10-17-6-4-16(5-7-17)8-11-9-18-3-1-2-14-13(18)15-11/h1-3,9H,4-8,10H2,(H,19,20). The van der Waals surface area contributed by atoms with Crippen LogP contribution in [0, 0.1) is 0 Å². The molecule has 0 aromatic carbocycles. The van der Waals surface area contributed by atoms with Gasteiger partial charge >= 0.3 is 5.97 Å². The van der Waals surface area contributed by atoms with Gasteiger partial charge in [0.15, 0.2) is 0 Å². The lowest BCUT2D eigenvalue weighted by Crippen LogP contribution is -2.47. The van der Waals surface area contributed by atoms with Crippen LogP contribution in [0.1, 0.15) is 5.69 Å². The number of carbonyl (C=O) groups is 1. The summed E-state index contributed by atoms with van der Waals surface area (Å²) < 4.78 is 1.91. The summed E-state index contributed by atoms with van der Waals surface area (Å²) in [6, 6.07) is 1.88. The monoisotopic (exact) mass is 275 g/mol. The van der Waals surface area contributed by atoms with Gasteiger partial charge in [0.1, 0.15) is 0 Å². The molecular weight excluding hydrogens is 258 g/mol. The van der Waals surface area contributed by atoms with Crippen LogP contribution >= 0.6 is 0 Å². The SMILES string of the molecule is O=C(O)CN1CCN(Cc2cn3cccnc3n2)CC1. The molecular formula is C13H17N5O2. The van der Waals surface area contributed by atoms with Gasteiger partial charge in [-0.05, 0) is 6.07 Å². The number of imidazole rings is 1. The number of piperazine rings is 1. The second-order valence-corrected chi connectivity index (χ2v) is 5.01. The lowest BCUT2D eigenvalue weighted by Gasteiger charge is -2.33. The van der Waals surface area contributed by atoms with Gasteiger partial charge in [0.2, 0.25) is 5.78 Å². The smallest absolute Gasteiger partial charge is 0.317 e. The van der Waals surface area contributed by atoms with E-state index in [1.165, 1.54) is 0 Å². The van der Waals surface area contributed by atoms with Crippen LogP contribution in [0.25, 0.3) is 5.78 Å². The van der Waals surface area contributed by atoms with Gasteiger partial charge in [0.05, 0.1) is 12.2 Å². The van der Waals surface area contributed by atoms with E-state index in [2.05, 4.69) is 14.9 Å². The Hall–Kier alpha value is -1.99. The molecule has 1 aliphatic heterocycles. The van der Waals surface area contributed by atoms with E-state index in [1.54, 1.807) is 6.20 Å². The van der Waals surface area contributed by atoms with Crippen molar-refractivity contribution in [3.8, 4) is 0 Å². The van der Waals surface area contributed by atoms with Gasteiger partial charge < -0.3 is 5.11 Å². The molecule has 0 unspecified atom stereocenters. The third-order valence-corrected chi connectivity index (χ3v) is 3.49. The third-order valence-electron chi connectivity index (χ3n) is 3.49. The minimum absolute atomic E-state index is 0.131. The van der Waals surface area contributed by atoms with Crippen molar-refractivity contribution in [3.63, 3.8) is 0 Å².